The zero-order chi connectivity index (χ0) is 21.9. The van der Waals surface area contributed by atoms with Crippen molar-refractivity contribution in [3.8, 4) is 5.75 Å². The fourth-order valence-electron chi connectivity index (χ4n) is 3.59. The monoisotopic (exact) mass is 438 g/mol. The Balaban J connectivity index is 1.30. The van der Waals surface area contributed by atoms with Crippen molar-refractivity contribution in [1.82, 2.24) is 14.9 Å². The van der Waals surface area contributed by atoms with Crippen molar-refractivity contribution in [2.75, 3.05) is 55.9 Å². The number of benzene rings is 1. The van der Waals surface area contributed by atoms with Crippen LogP contribution < -0.4 is 20.7 Å². The molecule has 0 radical (unpaired) electrons. The number of furan rings is 1. The molecule has 0 atom stereocenters. The molecule has 1 aliphatic heterocycles. The van der Waals surface area contributed by atoms with E-state index in [1.54, 1.807) is 25.5 Å². The van der Waals surface area contributed by atoms with Crippen LogP contribution in [-0.2, 0) is 9.53 Å². The minimum atomic E-state index is -0.0876. The molecule has 0 spiro atoms. The summed E-state index contributed by atoms with van der Waals surface area (Å²) in [7, 11) is 1.57. The van der Waals surface area contributed by atoms with Gasteiger partial charge in [0.25, 0.3) is 0 Å². The minimum Gasteiger partial charge on any atom is -0.494 e. The number of nitrogens with zero attached hydrogens (tertiary/aromatic N) is 3. The number of hydrogen-bond acceptors (Lipinski definition) is 9. The van der Waals surface area contributed by atoms with Crippen LogP contribution in [0.15, 0.2) is 34.9 Å². The molecule has 1 aromatic carbocycles. The highest BCUT2D eigenvalue weighted by Crippen LogP contribution is 2.32. The number of ether oxygens (including phenoxy) is 2. The van der Waals surface area contributed by atoms with Gasteiger partial charge < -0.3 is 29.8 Å². The first-order valence-corrected chi connectivity index (χ1v) is 10.7. The topological polar surface area (TPSA) is 114 Å². The average Bonchev–Trinajstić information content (AvgIpc) is 3.48. The van der Waals surface area contributed by atoms with Gasteiger partial charge in [0.05, 0.1) is 38.8 Å². The number of fused-ring (bicyclic) bond motifs is 1. The summed E-state index contributed by atoms with van der Waals surface area (Å²) in [5.41, 5.74) is 2.73. The number of morpholine rings is 1. The molecule has 10 nitrogen and oxygen atoms in total. The van der Waals surface area contributed by atoms with E-state index in [2.05, 4.69) is 30.8 Å². The minimum absolute atomic E-state index is 0.0876. The highest BCUT2D eigenvalue weighted by Gasteiger charge is 2.24. The molecule has 168 valence electrons. The second-order valence-corrected chi connectivity index (χ2v) is 7.93. The predicted octanol–water partition coefficient (Wildman–Crippen LogP) is 2.82. The molecule has 2 aromatic heterocycles. The molecule has 3 aromatic rings. The summed E-state index contributed by atoms with van der Waals surface area (Å²) in [6, 6.07) is 7.71. The van der Waals surface area contributed by atoms with Crippen molar-refractivity contribution in [3.05, 3.63) is 30.5 Å². The van der Waals surface area contributed by atoms with Crippen molar-refractivity contribution in [3.63, 3.8) is 0 Å². The van der Waals surface area contributed by atoms with E-state index in [1.165, 1.54) is 0 Å². The van der Waals surface area contributed by atoms with Crippen LogP contribution in [0, 0.1) is 0 Å². The number of anilines is 4. The number of aromatic nitrogens is 2. The number of nitrogens with one attached hydrogen (secondary N) is 3. The van der Waals surface area contributed by atoms with Gasteiger partial charge >= 0.3 is 0 Å². The van der Waals surface area contributed by atoms with Gasteiger partial charge in [-0.3, -0.25) is 9.69 Å². The van der Waals surface area contributed by atoms with E-state index in [0.717, 1.165) is 37.1 Å². The molecule has 0 unspecified atom stereocenters. The lowest BCUT2D eigenvalue weighted by molar-refractivity contribution is -0.118. The number of carbonyl (C=O) groups excluding carboxylic acids is 1. The zero-order valence-electron chi connectivity index (χ0n) is 17.9. The fourth-order valence-corrected chi connectivity index (χ4v) is 3.59. The van der Waals surface area contributed by atoms with Crippen molar-refractivity contribution in [2.24, 2.45) is 0 Å². The van der Waals surface area contributed by atoms with E-state index in [9.17, 15) is 4.79 Å². The Hall–Kier alpha value is -3.37. The Morgan fingerprint density at radius 1 is 1.22 bits per heavy atom. The molecule has 5 rings (SSSR count). The highest BCUT2D eigenvalue weighted by atomic mass is 16.5. The van der Waals surface area contributed by atoms with Crippen LogP contribution in [0.5, 0.6) is 5.75 Å². The first kappa shape index (κ1) is 20.5. The van der Waals surface area contributed by atoms with E-state index >= 15 is 0 Å². The van der Waals surface area contributed by atoms with Gasteiger partial charge in [-0.15, -0.1) is 0 Å². The Bertz CT molecular complexity index is 1110. The molecule has 1 aliphatic carbocycles. The molecular weight excluding hydrogens is 412 g/mol. The smallest absolute Gasteiger partial charge is 0.238 e. The zero-order valence-corrected chi connectivity index (χ0v) is 17.9. The Morgan fingerprint density at radius 2 is 2.06 bits per heavy atom. The largest absolute Gasteiger partial charge is 0.494 e. The molecule has 1 amide bonds. The normalized spacial score (nSPS) is 16.7. The third kappa shape index (κ3) is 4.76. The summed E-state index contributed by atoms with van der Waals surface area (Å²) in [5.74, 6) is 1.60. The average molecular weight is 438 g/mol. The van der Waals surface area contributed by atoms with Crippen molar-refractivity contribution >= 4 is 40.1 Å². The molecule has 3 heterocycles. The maximum absolute atomic E-state index is 12.5. The van der Waals surface area contributed by atoms with Crippen LogP contribution >= 0.6 is 0 Å². The number of amides is 1. The number of carbonyl (C=O) groups is 1. The Morgan fingerprint density at radius 3 is 2.84 bits per heavy atom. The van der Waals surface area contributed by atoms with E-state index < -0.39 is 0 Å². The van der Waals surface area contributed by atoms with E-state index in [1.807, 2.05) is 12.1 Å². The first-order chi connectivity index (χ1) is 15.7. The van der Waals surface area contributed by atoms with Crippen LogP contribution in [0.4, 0.5) is 23.1 Å². The summed E-state index contributed by atoms with van der Waals surface area (Å²) in [4.78, 5) is 23.6. The van der Waals surface area contributed by atoms with Gasteiger partial charge in [-0.1, -0.05) is 0 Å². The van der Waals surface area contributed by atoms with Crippen molar-refractivity contribution in [1.29, 1.82) is 0 Å². The summed E-state index contributed by atoms with van der Waals surface area (Å²) in [5, 5.41) is 9.54. The first-order valence-electron chi connectivity index (χ1n) is 10.7. The maximum atomic E-state index is 12.5. The van der Waals surface area contributed by atoms with E-state index in [0.29, 0.717) is 54.6 Å². The molecule has 2 fully saturated rings. The SMILES string of the molecule is COc1cc(Nc2nc(NC3CC3)c3occc3n2)ccc1NC(=O)CN1CCOCC1. The van der Waals surface area contributed by atoms with Gasteiger partial charge in [-0.25, -0.2) is 4.98 Å². The second-order valence-electron chi connectivity index (χ2n) is 7.93. The molecule has 3 N–H and O–H groups in total. The van der Waals surface area contributed by atoms with Crippen LogP contribution in [0.25, 0.3) is 11.1 Å². The van der Waals surface area contributed by atoms with Crippen LogP contribution in [-0.4, -0.2) is 66.8 Å². The molecule has 1 saturated heterocycles. The number of rotatable bonds is 8. The second kappa shape index (κ2) is 9.01. The van der Waals surface area contributed by atoms with Gasteiger partial charge in [0, 0.05) is 37.0 Å². The van der Waals surface area contributed by atoms with Crippen LogP contribution in [0.3, 0.4) is 0 Å². The number of methoxy groups -OCH3 is 1. The summed E-state index contributed by atoms with van der Waals surface area (Å²) in [6.45, 7) is 3.14. The quantitative estimate of drug-likeness (QED) is 0.488. The molecular formula is C22H26N6O4. The molecule has 10 heteroatoms. The van der Waals surface area contributed by atoms with Gasteiger partial charge in [0.1, 0.15) is 11.3 Å². The van der Waals surface area contributed by atoms with Gasteiger partial charge in [-0.05, 0) is 25.0 Å². The Labute approximate surface area is 185 Å². The van der Waals surface area contributed by atoms with Gasteiger partial charge in [-0.2, -0.15) is 4.98 Å². The molecule has 0 bridgehead atoms. The van der Waals surface area contributed by atoms with Gasteiger partial charge in [0.15, 0.2) is 11.4 Å². The summed E-state index contributed by atoms with van der Waals surface area (Å²) < 4.78 is 16.4. The lowest BCUT2D eigenvalue weighted by Crippen LogP contribution is -2.41. The van der Waals surface area contributed by atoms with Crippen molar-refractivity contribution < 1.29 is 18.7 Å². The summed E-state index contributed by atoms with van der Waals surface area (Å²) >= 11 is 0. The molecule has 32 heavy (non-hydrogen) atoms. The summed E-state index contributed by atoms with van der Waals surface area (Å²) in [6.07, 6.45) is 3.87. The third-order valence-electron chi connectivity index (χ3n) is 5.42. The van der Waals surface area contributed by atoms with E-state index in [4.69, 9.17) is 13.9 Å². The third-order valence-corrected chi connectivity index (χ3v) is 5.42. The Kier molecular flexibility index (Phi) is 5.78. The van der Waals surface area contributed by atoms with E-state index in [-0.39, 0.29) is 5.91 Å². The molecule has 1 saturated carbocycles. The van der Waals surface area contributed by atoms with Crippen LogP contribution in [0.1, 0.15) is 12.8 Å². The predicted molar refractivity (Wildman–Crippen MR) is 121 cm³/mol. The number of hydrogen-bond donors (Lipinski definition) is 3. The highest BCUT2D eigenvalue weighted by molar-refractivity contribution is 5.94. The maximum Gasteiger partial charge on any atom is 0.238 e. The van der Waals surface area contributed by atoms with Gasteiger partial charge in [0.2, 0.25) is 11.9 Å². The standard InChI is InChI=1S/C22H26N6O4/c1-30-18-12-15(4-5-16(18)25-19(29)13-28-7-10-31-11-8-28)24-22-26-17-6-9-32-20(17)21(27-22)23-14-2-3-14/h4-6,9,12,14H,2-3,7-8,10-11,13H2,1H3,(H,25,29)(H2,23,24,26,27). The molecule has 2 aliphatic rings. The van der Waals surface area contributed by atoms with Crippen molar-refractivity contribution in [2.45, 2.75) is 18.9 Å². The van der Waals surface area contributed by atoms with Crippen LogP contribution in [0.2, 0.25) is 0 Å². The lowest BCUT2D eigenvalue weighted by atomic mass is 10.2. The fraction of sp³-hybridized carbons (Fsp3) is 0.409. The lowest BCUT2D eigenvalue weighted by Gasteiger charge is -2.25.